The molecule has 126 valence electrons. The lowest BCUT2D eigenvalue weighted by Crippen LogP contribution is -2.43. The number of rotatable bonds is 1. The van der Waals surface area contributed by atoms with Crippen molar-refractivity contribution in [1.29, 1.82) is 0 Å². The summed E-state index contributed by atoms with van der Waals surface area (Å²) in [6, 6.07) is 10.7. The molecular weight excluding hydrogens is 320 g/mol. The first-order valence-corrected chi connectivity index (χ1v) is 8.09. The van der Waals surface area contributed by atoms with Gasteiger partial charge in [-0.15, -0.1) is 0 Å². The van der Waals surface area contributed by atoms with Crippen molar-refractivity contribution in [3.05, 3.63) is 65.5 Å². The second-order valence-electron chi connectivity index (χ2n) is 6.71. The molecule has 2 heterocycles. The quantitative estimate of drug-likeness (QED) is 0.592. The molecule has 0 fully saturated rings. The molecule has 3 N–H and O–H groups in total. The number of aromatic hydroxyl groups is 2. The van der Waals surface area contributed by atoms with Gasteiger partial charge >= 0.3 is 0 Å². The number of hydrogen-bond donors (Lipinski definition) is 3. The number of aromatic nitrogens is 2. The van der Waals surface area contributed by atoms with Crippen LogP contribution in [-0.4, -0.2) is 37.3 Å². The van der Waals surface area contributed by atoms with Gasteiger partial charge in [0.15, 0.2) is 11.5 Å². The molecule has 25 heavy (non-hydrogen) atoms. The summed E-state index contributed by atoms with van der Waals surface area (Å²) in [5, 5.41) is 35.0. The van der Waals surface area contributed by atoms with E-state index in [9.17, 15) is 15.3 Å². The van der Waals surface area contributed by atoms with Crippen molar-refractivity contribution in [2.45, 2.75) is 17.9 Å². The second-order valence-corrected chi connectivity index (χ2v) is 6.71. The Balaban J connectivity index is 1.66. The number of fused-ring (bicyclic) bond motifs is 5. The number of aliphatic hydroxyl groups is 1. The number of phenols is 2. The van der Waals surface area contributed by atoms with E-state index in [1.807, 2.05) is 30.5 Å². The first-order chi connectivity index (χ1) is 12.0. The maximum Gasteiger partial charge on any atom is 0.157 e. The van der Waals surface area contributed by atoms with E-state index in [-0.39, 0.29) is 24.0 Å². The van der Waals surface area contributed by atoms with E-state index >= 15 is 0 Å². The summed E-state index contributed by atoms with van der Waals surface area (Å²) >= 11 is 0. The van der Waals surface area contributed by atoms with Crippen LogP contribution in [0.15, 0.2) is 48.8 Å². The Bertz CT molecular complexity index is 983. The zero-order valence-corrected chi connectivity index (χ0v) is 13.3. The maximum atomic E-state index is 11.1. The lowest BCUT2D eigenvalue weighted by atomic mass is 9.80. The highest BCUT2D eigenvalue weighted by Crippen LogP contribution is 2.52. The number of phenolic OH excluding ortho intramolecular Hbond substituents is 2. The molecule has 0 radical (unpaired) electrons. The number of benzene rings is 2. The highest BCUT2D eigenvalue weighted by Gasteiger charge is 2.50. The summed E-state index contributed by atoms with van der Waals surface area (Å²) in [6.07, 6.45) is 3.94. The van der Waals surface area contributed by atoms with Gasteiger partial charge in [-0.2, -0.15) is 5.10 Å². The fourth-order valence-electron chi connectivity index (χ4n) is 4.02. The Labute approximate surface area is 143 Å². The van der Waals surface area contributed by atoms with E-state index in [1.165, 1.54) is 6.07 Å². The molecule has 0 saturated carbocycles. The molecule has 2 atom stereocenters. The minimum atomic E-state index is -1.08. The smallest absolute Gasteiger partial charge is 0.157 e. The molecule has 2 aromatic carbocycles. The minimum absolute atomic E-state index is 0.156. The van der Waals surface area contributed by atoms with Gasteiger partial charge in [-0.3, -0.25) is 0 Å². The van der Waals surface area contributed by atoms with Crippen molar-refractivity contribution in [3.63, 3.8) is 0 Å². The highest BCUT2D eigenvalue weighted by atomic mass is 16.5. The lowest BCUT2D eigenvalue weighted by molar-refractivity contribution is -0.0217. The zero-order valence-electron chi connectivity index (χ0n) is 13.3. The Hall–Kier alpha value is -2.99. The maximum absolute atomic E-state index is 11.1. The van der Waals surface area contributed by atoms with Gasteiger partial charge in [0.05, 0.1) is 5.69 Å². The van der Waals surface area contributed by atoms with Crippen LogP contribution in [0, 0.1) is 0 Å². The normalized spacial score (nSPS) is 23.5. The predicted octanol–water partition coefficient (Wildman–Crippen LogP) is 2.09. The van der Waals surface area contributed by atoms with Crippen molar-refractivity contribution < 1.29 is 20.1 Å². The van der Waals surface area contributed by atoms with Gasteiger partial charge in [-0.25, -0.2) is 4.68 Å². The van der Waals surface area contributed by atoms with Crippen LogP contribution in [0.3, 0.4) is 0 Å². The largest absolute Gasteiger partial charge is 0.504 e. The Morgan fingerprint density at radius 1 is 1.12 bits per heavy atom. The standard InChI is InChI=1S/C19H16N2O4/c22-15-6-11-9-19(24)10-25-17-7-12(21-5-1-4-20-21)2-3-13(17)18(19)14(11)8-16(15)23/h1-8,18,22-24H,9-10H2/t18-,19+/m0/s1. The van der Waals surface area contributed by atoms with Crippen molar-refractivity contribution in [2.75, 3.05) is 6.61 Å². The lowest BCUT2D eigenvalue weighted by Gasteiger charge is -2.36. The molecule has 0 spiro atoms. The Morgan fingerprint density at radius 2 is 1.96 bits per heavy atom. The van der Waals surface area contributed by atoms with Gasteiger partial charge < -0.3 is 20.1 Å². The molecule has 3 aromatic rings. The summed E-state index contributed by atoms with van der Waals surface area (Å²) < 4.78 is 7.60. The third-order valence-electron chi connectivity index (χ3n) is 5.14. The van der Waals surface area contributed by atoms with Gasteiger partial charge in [0.1, 0.15) is 18.0 Å². The number of hydrogen-bond acceptors (Lipinski definition) is 5. The van der Waals surface area contributed by atoms with E-state index in [0.717, 1.165) is 22.4 Å². The first-order valence-electron chi connectivity index (χ1n) is 8.09. The van der Waals surface area contributed by atoms with Crippen molar-refractivity contribution in [1.82, 2.24) is 9.78 Å². The van der Waals surface area contributed by atoms with Crippen LogP contribution >= 0.6 is 0 Å². The molecule has 0 amide bonds. The Kier molecular flexibility index (Phi) is 2.74. The van der Waals surface area contributed by atoms with Crippen molar-refractivity contribution >= 4 is 0 Å². The zero-order chi connectivity index (χ0) is 17.2. The van der Waals surface area contributed by atoms with Crippen molar-refractivity contribution in [2.24, 2.45) is 0 Å². The van der Waals surface area contributed by atoms with Crippen LogP contribution in [-0.2, 0) is 6.42 Å². The third kappa shape index (κ3) is 1.97. The fraction of sp³-hybridized carbons (Fsp3) is 0.211. The minimum Gasteiger partial charge on any atom is -0.504 e. The molecule has 0 unspecified atom stereocenters. The monoisotopic (exact) mass is 336 g/mol. The fourth-order valence-corrected chi connectivity index (χ4v) is 4.02. The van der Waals surface area contributed by atoms with E-state index in [2.05, 4.69) is 5.10 Å². The van der Waals surface area contributed by atoms with Gasteiger partial charge in [0.2, 0.25) is 0 Å². The van der Waals surface area contributed by atoms with Crippen molar-refractivity contribution in [3.8, 4) is 22.9 Å². The second kappa shape index (κ2) is 4.77. The van der Waals surface area contributed by atoms with E-state index in [4.69, 9.17) is 4.74 Å². The molecule has 0 bridgehead atoms. The molecule has 1 aromatic heterocycles. The summed E-state index contributed by atoms with van der Waals surface area (Å²) in [5.74, 6) is 0.0490. The van der Waals surface area contributed by atoms with Gasteiger partial charge in [-0.05, 0) is 35.4 Å². The summed E-state index contributed by atoms with van der Waals surface area (Å²) in [4.78, 5) is 0. The molecule has 2 aliphatic rings. The van der Waals surface area contributed by atoms with Crippen LogP contribution in [0.5, 0.6) is 17.2 Å². The van der Waals surface area contributed by atoms with Gasteiger partial charge in [0, 0.05) is 36.4 Å². The molecule has 6 heteroatoms. The number of ether oxygens (including phenoxy) is 1. The van der Waals surface area contributed by atoms with Crippen LogP contribution in [0.2, 0.25) is 0 Å². The van der Waals surface area contributed by atoms with E-state index in [1.54, 1.807) is 16.9 Å². The van der Waals surface area contributed by atoms with E-state index < -0.39 is 5.60 Å². The molecular formula is C19H16N2O4. The van der Waals surface area contributed by atoms with Crippen LogP contribution < -0.4 is 4.74 Å². The van der Waals surface area contributed by atoms with Crippen LogP contribution in [0.25, 0.3) is 5.69 Å². The SMILES string of the molecule is Oc1cc2c(cc1O)[C@@H]1c3ccc(-n4cccn4)cc3OC[C@]1(O)C2. The summed E-state index contributed by atoms with van der Waals surface area (Å²) in [7, 11) is 0. The Morgan fingerprint density at radius 3 is 2.76 bits per heavy atom. The van der Waals surface area contributed by atoms with Gasteiger partial charge in [-0.1, -0.05) is 6.07 Å². The topological polar surface area (TPSA) is 87.7 Å². The van der Waals surface area contributed by atoms with Crippen LogP contribution in [0.4, 0.5) is 0 Å². The van der Waals surface area contributed by atoms with E-state index in [0.29, 0.717) is 12.2 Å². The third-order valence-corrected chi connectivity index (χ3v) is 5.14. The summed E-state index contributed by atoms with van der Waals surface area (Å²) in [6.45, 7) is 0.156. The molecule has 1 aliphatic carbocycles. The highest BCUT2D eigenvalue weighted by molar-refractivity contribution is 5.59. The average molecular weight is 336 g/mol. The molecule has 6 nitrogen and oxygen atoms in total. The molecule has 0 saturated heterocycles. The average Bonchev–Trinajstić information content (AvgIpc) is 3.21. The molecule has 5 rings (SSSR count). The summed E-state index contributed by atoms with van der Waals surface area (Å²) in [5.41, 5.74) is 2.32. The molecule has 1 aliphatic heterocycles. The predicted molar refractivity (Wildman–Crippen MR) is 89.3 cm³/mol. The van der Waals surface area contributed by atoms with Gasteiger partial charge in [0.25, 0.3) is 0 Å². The first kappa shape index (κ1) is 14.4. The van der Waals surface area contributed by atoms with Crippen LogP contribution in [0.1, 0.15) is 22.6 Å². The number of nitrogens with zero attached hydrogens (tertiary/aromatic N) is 2.